The minimum atomic E-state index is 0. The van der Waals surface area contributed by atoms with Crippen LogP contribution in [0.1, 0.15) is 18.4 Å². The molecule has 0 saturated heterocycles. The van der Waals surface area contributed by atoms with Crippen LogP contribution in [0, 0.1) is 0 Å². The number of hydrogen-bond donors (Lipinski definition) is 1. The zero-order chi connectivity index (χ0) is 12.2. The maximum atomic E-state index is 8.54. The summed E-state index contributed by atoms with van der Waals surface area (Å²) in [7, 11) is 0. The van der Waals surface area contributed by atoms with Gasteiger partial charge in [-0.15, -0.1) is 0 Å². The lowest BCUT2D eigenvalue weighted by atomic mass is 10.1. The Hall–Kier alpha value is -1.71. The molecule has 98 valence electrons. The second kappa shape index (κ2) is 11.8. The largest absolute Gasteiger partial charge is 0.412 e. The van der Waals surface area contributed by atoms with Gasteiger partial charge < -0.3 is 10.6 Å². The van der Waals surface area contributed by atoms with Crippen LogP contribution in [0.5, 0.6) is 0 Å². The molecule has 0 bridgehead atoms. The molecule has 2 rings (SSSR count). The van der Waals surface area contributed by atoms with E-state index in [1.165, 1.54) is 5.56 Å². The van der Waals surface area contributed by atoms with Crippen molar-refractivity contribution in [2.45, 2.75) is 19.3 Å². The number of aliphatic hydroxyl groups excluding tert-OH is 1. The first kappa shape index (κ1) is 16.3. The number of unbranched alkanes of at least 4 members (excludes halogenated alkanes) is 1. The second-order valence-corrected chi connectivity index (χ2v) is 3.69. The first-order valence-electron chi connectivity index (χ1n) is 5.93. The maximum Gasteiger partial charge on any atom is 0.0431 e. The molecule has 0 radical (unpaired) electrons. The van der Waals surface area contributed by atoms with Gasteiger partial charge in [0.2, 0.25) is 0 Å². The van der Waals surface area contributed by atoms with Crippen LogP contribution in [-0.4, -0.2) is 22.2 Å². The summed E-state index contributed by atoms with van der Waals surface area (Å²) in [4.78, 5) is 3.78. The van der Waals surface area contributed by atoms with Gasteiger partial charge in [-0.2, -0.15) is 0 Å². The summed E-state index contributed by atoms with van der Waals surface area (Å²) < 4.78 is 0. The number of rotatable bonds is 4. The standard InChI is InChI=1S/C10H14O.C5H5N.H2O/c11-9-5-4-8-10-6-2-1-3-7-10;1-2-4-6-5-3-1;/h1-3,6-7,11H,4-5,8-9H2;1-5H;1H2. The lowest BCUT2D eigenvalue weighted by Crippen LogP contribution is -1.87. The van der Waals surface area contributed by atoms with Crippen molar-refractivity contribution in [3.05, 3.63) is 66.5 Å². The summed E-state index contributed by atoms with van der Waals surface area (Å²) in [6.07, 6.45) is 6.58. The molecule has 0 aliphatic carbocycles. The Bertz CT molecular complexity index is 338. The highest BCUT2D eigenvalue weighted by Crippen LogP contribution is 2.03. The molecule has 1 heterocycles. The lowest BCUT2D eigenvalue weighted by Gasteiger charge is -1.97. The molecule has 3 heteroatoms. The molecule has 0 atom stereocenters. The van der Waals surface area contributed by atoms with Crippen LogP contribution in [-0.2, 0) is 6.42 Å². The molecule has 1 aromatic carbocycles. The van der Waals surface area contributed by atoms with Crippen molar-refractivity contribution in [3.63, 3.8) is 0 Å². The Morgan fingerprint density at radius 1 is 0.833 bits per heavy atom. The van der Waals surface area contributed by atoms with Crippen molar-refractivity contribution in [1.82, 2.24) is 4.98 Å². The van der Waals surface area contributed by atoms with E-state index in [1.807, 2.05) is 36.4 Å². The third-order valence-electron chi connectivity index (χ3n) is 2.28. The number of aliphatic hydroxyl groups is 1. The molecular formula is C15H21NO2. The molecule has 0 aliphatic rings. The zero-order valence-corrected chi connectivity index (χ0v) is 10.5. The number of aromatic nitrogens is 1. The average Bonchev–Trinajstić information content (AvgIpc) is 2.43. The van der Waals surface area contributed by atoms with Crippen LogP contribution < -0.4 is 0 Å². The summed E-state index contributed by atoms with van der Waals surface area (Å²) in [6, 6.07) is 16.1. The molecule has 0 aliphatic heterocycles. The fourth-order valence-corrected chi connectivity index (χ4v) is 1.40. The normalized spacial score (nSPS) is 8.72. The number of hydrogen-bond acceptors (Lipinski definition) is 2. The highest BCUT2D eigenvalue weighted by Gasteiger charge is 1.89. The summed E-state index contributed by atoms with van der Waals surface area (Å²) in [5, 5.41) is 8.54. The zero-order valence-electron chi connectivity index (χ0n) is 10.5. The van der Waals surface area contributed by atoms with Gasteiger partial charge in [0.05, 0.1) is 0 Å². The minimum absolute atomic E-state index is 0. The van der Waals surface area contributed by atoms with Crippen molar-refractivity contribution >= 4 is 0 Å². The fraction of sp³-hybridized carbons (Fsp3) is 0.267. The van der Waals surface area contributed by atoms with Crippen molar-refractivity contribution in [2.24, 2.45) is 0 Å². The molecule has 3 nitrogen and oxygen atoms in total. The van der Waals surface area contributed by atoms with Crippen LogP contribution >= 0.6 is 0 Å². The molecule has 2 aromatic rings. The molecule has 0 spiro atoms. The van der Waals surface area contributed by atoms with Crippen LogP contribution in [0.3, 0.4) is 0 Å². The molecule has 0 saturated carbocycles. The van der Waals surface area contributed by atoms with Crippen molar-refractivity contribution in [3.8, 4) is 0 Å². The molecule has 18 heavy (non-hydrogen) atoms. The minimum Gasteiger partial charge on any atom is -0.412 e. The van der Waals surface area contributed by atoms with Gasteiger partial charge in [0.1, 0.15) is 0 Å². The number of nitrogens with zero attached hydrogens (tertiary/aromatic N) is 1. The predicted molar refractivity (Wildman–Crippen MR) is 74.3 cm³/mol. The Kier molecular flexibility index (Phi) is 10.6. The van der Waals surface area contributed by atoms with Crippen LogP contribution in [0.4, 0.5) is 0 Å². The first-order chi connectivity index (χ1) is 8.43. The average molecular weight is 247 g/mol. The van der Waals surface area contributed by atoms with Gasteiger partial charge in [0.15, 0.2) is 0 Å². The molecule has 0 amide bonds. The third kappa shape index (κ3) is 8.44. The van der Waals surface area contributed by atoms with Gasteiger partial charge in [-0.25, -0.2) is 0 Å². The van der Waals surface area contributed by atoms with E-state index in [0.29, 0.717) is 6.61 Å². The van der Waals surface area contributed by atoms with Gasteiger partial charge in [0, 0.05) is 19.0 Å². The molecule has 1 aromatic heterocycles. The number of aryl methyl sites for hydroxylation is 1. The van der Waals surface area contributed by atoms with Crippen LogP contribution in [0.25, 0.3) is 0 Å². The second-order valence-electron chi connectivity index (χ2n) is 3.69. The topological polar surface area (TPSA) is 64.6 Å². The van der Waals surface area contributed by atoms with E-state index in [0.717, 1.165) is 19.3 Å². The Labute approximate surface area is 108 Å². The lowest BCUT2D eigenvalue weighted by molar-refractivity contribution is 0.284. The van der Waals surface area contributed by atoms with E-state index in [4.69, 9.17) is 5.11 Å². The van der Waals surface area contributed by atoms with Gasteiger partial charge in [-0.05, 0) is 37.0 Å². The number of pyridine rings is 1. The van der Waals surface area contributed by atoms with Crippen molar-refractivity contribution < 1.29 is 10.6 Å². The predicted octanol–water partition coefficient (Wildman–Crippen LogP) is 2.26. The molecular weight excluding hydrogens is 226 g/mol. The Balaban J connectivity index is 0.000000352. The first-order valence-corrected chi connectivity index (χ1v) is 5.93. The van der Waals surface area contributed by atoms with E-state index in [-0.39, 0.29) is 5.48 Å². The molecule has 0 fully saturated rings. The highest BCUT2D eigenvalue weighted by atomic mass is 16.2. The van der Waals surface area contributed by atoms with E-state index in [1.54, 1.807) is 12.4 Å². The summed E-state index contributed by atoms with van der Waals surface area (Å²) >= 11 is 0. The summed E-state index contributed by atoms with van der Waals surface area (Å²) in [6.45, 7) is 0.312. The van der Waals surface area contributed by atoms with Crippen molar-refractivity contribution in [2.75, 3.05) is 6.61 Å². The monoisotopic (exact) mass is 247 g/mol. The van der Waals surface area contributed by atoms with Gasteiger partial charge in [-0.1, -0.05) is 36.4 Å². The Morgan fingerprint density at radius 2 is 1.44 bits per heavy atom. The van der Waals surface area contributed by atoms with E-state index in [2.05, 4.69) is 17.1 Å². The van der Waals surface area contributed by atoms with Gasteiger partial charge >= 0.3 is 0 Å². The maximum absolute atomic E-state index is 8.54. The molecule has 3 N–H and O–H groups in total. The third-order valence-corrected chi connectivity index (χ3v) is 2.28. The van der Waals surface area contributed by atoms with E-state index in [9.17, 15) is 0 Å². The quantitative estimate of drug-likeness (QED) is 0.842. The molecule has 0 unspecified atom stereocenters. The van der Waals surface area contributed by atoms with E-state index < -0.39 is 0 Å². The summed E-state index contributed by atoms with van der Waals surface area (Å²) in [5.41, 5.74) is 1.36. The number of benzene rings is 1. The van der Waals surface area contributed by atoms with Crippen LogP contribution in [0.15, 0.2) is 60.9 Å². The smallest absolute Gasteiger partial charge is 0.0431 e. The van der Waals surface area contributed by atoms with Gasteiger partial charge in [0.25, 0.3) is 0 Å². The van der Waals surface area contributed by atoms with Gasteiger partial charge in [-0.3, -0.25) is 4.98 Å². The highest BCUT2D eigenvalue weighted by molar-refractivity contribution is 5.14. The Morgan fingerprint density at radius 3 is 1.89 bits per heavy atom. The fourth-order valence-electron chi connectivity index (χ4n) is 1.40. The SMILES string of the molecule is O.OCCCCc1ccccc1.c1ccncc1. The van der Waals surface area contributed by atoms with Crippen molar-refractivity contribution in [1.29, 1.82) is 0 Å². The summed E-state index contributed by atoms with van der Waals surface area (Å²) in [5.74, 6) is 0. The van der Waals surface area contributed by atoms with Crippen LogP contribution in [0.2, 0.25) is 0 Å². The van der Waals surface area contributed by atoms with E-state index >= 15 is 0 Å².